The number of nitrogens with zero attached hydrogens (tertiary/aromatic N) is 3. The minimum absolute atomic E-state index is 0.00726. The van der Waals surface area contributed by atoms with Crippen LogP contribution in [-0.4, -0.2) is 62.9 Å². The molecule has 10 heteroatoms. The minimum Gasteiger partial charge on any atom is -0.447 e. The quantitative estimate of drug-likeness (QED) is 0.612. The van der Waals surface area contributed by atoms with E-state index in [0.717, 1.165) is 42.3 Å². The number of anilines is 1. The first-order valence-electron chi connectivity index (χ1n) is 11.3. The number of piperidine rings is 1. The van der Waals surface area contributed by atoms with E-state index < -0.39 is 15.7 Å². The summed E-state index contributed by atoms with van der Waals surface area (Å²) in [5.74, 6) is 0.0377. The third-order valence-electron chi connectivity index (χ3n) is 6.27. The number of rotatable bonds is 5. The molecule has 0 N–H and O–H groups in total. The molecule has 1 unspecified atom stereocenters. The van der Waals surface area contributed by atoms with Gasteiger partial charge in [0.05, 0.1) is 27.4 Å². The van der Waals surface area contributed by atoms with E-state index >= 15 is 0 Å². The van der Waals surface area contributed by atoms with Crippen LogP contribution in [0.5, 0.6) is 0 Å². The maximum Gasteiger partial charge on any atom is 0.410 e. The molecular formula is C23H30FN3O4S2. The standard InChI is InChI=1S/C23H30FN3O4S2/c1-15(2)31-23(28)26-9-6-16(7-10-26)22-25-20(14-32-22)17-8-11-27(13-17)21-5-4-18(12-19(21)24)33(3,29)30/h4-5,12,14-17H,6-11,13H2,1-3H3. The molecule has 1 atom stereocenters. The number of thiazole rings is 1. The highest BCUT2D eigenvalue weighted by atomic mass is 32.2. The van der Waals surface area contributed by atoms with Crippen LogP contribution < -0.4 is 4.90 Å². The highest BCUT2D eigenvalue weighted by Gasteiger charge is 2.30. The lowest BCUT2D eigenvalue weighted by Crippen LogP contribution is -2.39. The Hall–Kier alpha value is -2.20. The van der Waals surface area contributed by atoms with Crippen molar-refractivity contribution in [1.29, 1.82) is 0 Å². The Bertz CT molecular complexity index is 1110. The highest BCUT2D eigenvalue weighted by Crippen LogP contribution is 2.36. The number of hydrogen-bond acceptors (Lipinski definition) is 7. The van der Waals surface area contributed by atoms with Crippen molar-refractivity contribution in [3.63, 3.8) is 0 Å². The summed E-state index contributed by atoms with van der Waals surface area (Å²) in [6, 6.07) is 4.12. The first-order valence-corrected chi connectivity index (χ1v) is 14.0. The topological polar surface area (TPSA) is 79.8 Å². The molecule has 180 valence electrons. The summed E-state index contributed by atoms with van der Waals surface area (Å²) >= 11 is 1.66. The molecule has 2 aromatic rings. The molecule has 4 rings (SSSR count). The smallest absolute Gasteiger partial charge is 0.410 e. The molecule has 0 spiro atoms. The fourth-order valence-corrected chi connectivity index (χ4v) is 6.16. The second kappa shape index (κ2) is 9.58. The summed E-state index contributed by atoms with van der Waals surface area (Å²) in [7, 11) is -3.44. The Morgan fingerprint density at radius 3 is 2.52 bits per heavy atom. The lowest BCUT2D eigenvalue weighted by atomic mass is 9.97. The van der Waals surface area contributed by atoms with Crippen LogP contribution >= 0.6 is 11.3 Å². The Morgan fingerprint density at radius 2 is 1.88 bits per heavy atom. The van der Waals surface area contributed by atoms with Gasteiger partial charge in [-0.2, -0.15) is 0 Å². The average Bonchev–Trinajstić information content (AvgIpc) is 3.42. The van der Waals surface area contributed by atoms with E-state index in [0.29, 0.717) is 37.8 Å². The van der Waals surface area contributed by atoms with Gasteiger partial charge in [-0.1, -0.05) is 0 Å². The van der Waals surface area contributed by atoms with Gasteiger partial charge in [0.25, 0.3) is 0 Å². The number of ether oxygens (including phenoxy) is 1. The second-order valence-electron chi connectivity index (χ2n) is 9.12. The molecule has 33 heavy (non-hydrogen) atoms. The number of halogens is 1. The van der Waals surface area contributed by atoms with Gasteiger partial charge in [0.1, 0.15) is 5.82 Å². The Kier molecular flexibility index (Phi) is 6.95. The van der Waals surface area contributed by atoms with Crippen molar-refractivity contribution in [2.75, 3.05) is 37.3 Å². The lowest BCUT2D eigenvalue weighted by Gasteiger charge is -2.30. The molecule has 2 fully saturated rings. The maximum atomic E-state index is 14.6. The van der Waals surface area contributed by atoms with Crippen LogP contribution in [0.15, 0.2) is 28.5 Å². The molecule has 7 nitrogen and oxygen atoms in total. The first-order chi connectivity index (χ1) is 15.6. The molecule has 0 aliphatic carbocycles. The van der Waals surface area contributed by atoms with Crippen molar-refractivity contribution in [2.45, 2.75) is 55.9 Å². The zero-order valence-electron chi connectivity index (χ0n) is 19.2. The summed E-state index contributed by atoms with van der Waals surface area (Å²) in [6.45, 7) is 6.40. The zero-order chi connectivity index (χ0) is 23.8. The monoisotopic (exact) mass is 495 g/mol. The fourth-order valence-electron chi connectivity index (χ4n) is 4.46. The lowest BCUT2D eigenvalue weighted by molar-refractivity contribution is 0.0691. The second-order valence-corrected chi connectivity index (χ2v) is 12.0. The highest BCUT2D eigenvalue weighted by molar-refractivity contribution is 7.90. The van der Waals surface area contributed by atoms with Gasteiger partial charge in [0, 0.05) is 49.7 Å². The van der Waals surface area contributed by atoms with Crippen molar-refractivity contribution < 1.29 is 22.3 Å². The number of hydrogen-bond donors (Lipinski definition) is 0. The van der Waals surface area contributed by atoms with Gasteiger partial charge in [0.2, 0.25) is 0 Å². The summed E-state index contributed by atoms with van der Waals surface area (Å²) < 4.78 is 43.2. The molecular weight excluding hydrogens is 465 g/mol. The Labute approximate surface area is 198 Å². The predicted octanol–water partition coefficient (Wildman–Crippen LogP) is 4.40. The molecule has 1 aromatic carbocycles. The van der Waals surface area contributed by atoms with Crippen LogP contribution in [0, 0.1) is 5.82 Å². The maximum absolute atomic E-state index is 14.6. The van der Waals surface area contributed by atoms with Crippen molar-refractivity contribution in [2.24, 2.45) is 0 Å². The average molecular weight is 496 g/mol. The van der Waals surface area contributed by atoms with Crippen LogP contribution in [0.2, 0.25) is 0 Å². The molecule has 0 radical (unpaired) electrons. The van der Waals surface area contributed by atoms with Crippen LogP contribution in [0.3, 0.4) is 0 Å². The van der Waals surface area contributed by atoms with E-state index in [1.54, 1.807) is 22.3 Å². The molecule has 3 heterocycles. The molecule has 1 amide bonds. The largest absolute Gasteiger partial charge is 0.447 e. The van der Waals surface area contributed by atoms with Crippen molar-refractivity contribution >= 4 is 33.0 Å². The van der Waals surface area contributed by atoms with Gasteiger partial charge in [-0.3, -0.25) is 0 Å². The SMILES string of the molecule is CC(C)OC(=O)N1CCC(c2nc(C3CCN(c4ccc(S(C)(=O)=O)cc4F)C3)cs2)CC1. The van der Waals surface area contributed by atoms with E-state index in [-0.39, 0.29) is 23.0 Å². The first kappa shape index (κ1) is 23.9. The number of carbonyl (C=O) groups excluding carboxylic acids is 1. The van der Waals surface area contributed by atoms with E-state index in [1.807, 2.05) is 18.7 Å². The molecule has 0 bridgehead atoms. The fraction of sp³-hybridized carbons (Fsp3) is 0.565. The van der Waals surface area contributed by atoms with Gasteiger partial charge in [-0.05, 0) is 51.3 Å². The number of likely N-dealkylation sites (tertiary alicyclic amines) is 1. The van der Waals surface area contributed by atoms with Crippen LogP contribution in [-0.2, 0) is 14.6 Å². The zero-order valence-corrected chi connectivity index (χ0v) is 20.8. The molecule has 1 aromatic heterocycles. The van der Waals surface area contributed by atoms with Crippen LogP contribution in [0.1, 0.15) is 55.6 Å². The summed E-state index contributed by atoms with van der Waals surface area (Å²) in [6.07, 6.45) is 3.33. The third kappa shape index (κ3) is 5.48. The van der Waals surface area contributed by atoms with E-state index in [4.69, 9.17) is 9.72 Å². The number of benzene rings is 1. The van der Waals surface area contributed by atoms with E-state index in [9.17, 15) is 17.6 Å². The summed E-state index contributed by atoms with van der Waals surface area (Å²) in [5.41, 5.74) is 1.47. The molecule has 2 aliphatic rings. The Balaban J connectivity index is 1.36. The van der Waals surface area contributed by atoms with E-state index in [2.05, 4.69) is 5.38 Å². The summed E-state index contributed by atoms with van der Waals surface area (Å²) in [4.78, 5) is 20.7. The third-order valence-corrected chi connectivity index (χ3v) is 8.41. The number of carbonyl (C=O) groups is 1. The van der Waals surface area contributed by atoms with Gasteiger partial charge < -0.3 is 14.5 Å². The normalized spacial score (nSPS) is 20.0. The van der Waals surface area contributed by atoms with Crippen molar-refractivity contribution in [3.05, 3.63) is 40.1 Å². The minimum atomic E-state index is -3.44. The Morgan fingerprint density at radius 1 is 1.18 bits per heavy atom. The molecule has 0 saturated carbocycles. The van der Waals surface area contributed by atoms with Gasteiger partial charge in [-0.15, -0.1) is 11.3 Å². The van der Waals surface area contributed by atoms with E-state index in [1.165, 1.54) is 6.07 Å². The number of sulfone groups is 1. The number of aromatic nitrogens is 1. The molecule has 2 saturated heterocycles. The summed E-state index contributed by atoms with van der Waals surface area (Å²) in [5, 5.41) is 3.20. The van der Waals surface area contributed by atoms with Gasteiger partial charge in [-0.25, -0.2) is 22.6 Å². The van der Waals surface area contributed by atoms with Crippen molar-refractivity contribution in [1.82, 2.24) is 9.88 Å². The van der Waals surface area contributed by atoms with Crippen LogP contribution in [0.25, 0.3) is 0 Å². The predicted molar refractivity (Wildman–Crippen MR) is 126 cm³/mol. The molecule has 2 aliphatic heterocycles. The van der Waals surface area contributed by atoms with Gasteiger partial charge in [0.15, 0.2) is 9.84 Å². The van der Waals surface area contributed by atoms with Crippen molar-refractivity contribution in [3.8, 4) is 0 Å². The van der Waals surface area contributed by atoms with Crippen LogP contribution in [0.4, 0.5) is 14.9 Å². The van der Waals surface area contributed by atoms with Gasteiger partial charge >= 0.3 is 6.09 Å². The number of amides is 1.